The van der Waals surface area contributed by atoms with Crippen LogP contribution < -0.4 is 5.32 Å². The van der Waals surface area contributed by atoms with Crippen LogP contribution in [0.1, 0.15) is 75.9 Å². The Labute approximate surface area is 126 Å². The van der Waals surface area contributed by atoms with Crippen molar-refractivity contribution in [1.82, 2.24) is 15.5 Å². The highest BCUT2D eigenvalue weighted by Crippen LogP contribution is 2.43. The van der Waals surface area contributed by atoms with Gasteiger partial charge in [-0.3, -0.25) is 0 Å². The van der Waals surface area contributed by atoms with E-state index in [0.29, 0.717) is 12.0 Å². The molecule has 2 unspecified atom stereocenters. The van der Waals surface area contributed by atoms with Crippen LogP contribution in [0.5, 0.6) is 0 Å². The van der Waals surface area contributed by atoms with Crippen LogP contribution in [-0.4, -0.2) is 29.8 Å². The number of methoxy groups -OCH3 is 1. The third-order valence-corrected chi connectivity index (χ3v) is 5.14. The highest BCUT2D eigenvalue weighted by atomic mass is 16.5. The van der Waals surface area contributed by atoms with Crippen molar-refractivity contribution < 1.29 is 9.26 Å². The number of hydrogen-bond donors (Lipinski definition) is 1. The monoisotopic (exact) mass is 293 g/mol. The van der Waals surface area contributed by atoms with Crippen LogP contribution in [0.15, 0.2) is 4.52 Å². The summed E-state index contributed by atoms with van der Waals surface area (Å²) in [4.78, 5) is 4.71. The maximum absolute atomic E-state index is 5.65. The minimum absolute atomic E-state index is 0.275. The van der Waals surface area contributed by atoms with Crippen LogP contribution in [-0.2, 0) is 10.3 Å². The quantitative estimate of drug-likeness (QED) is 0.873. The first-order valence-corrected chi connectivity index (χ1v) is 8.41. The zero-order valence-electron chi connectivity index (χ0n) is 13.2. The van der Waals surface area contributed by atoms with E-state index < -0.39 is 0 Å². The zero-order chi connectivity index (χ0) is 14.7. The normalized spacial score (nSPS) is 28.3. The molecular weight excluding hydrogens is 266 g/mol. The minimum Gasteiger partial charge on any atom is -0.370 e. The number of rotatable bonds is 6. The summed E-state index contributed by atoms with van der Waals surface area (Å²) in [6.07, 6.45) is 9.24. The van der Waals surface area contributed by atoms with Crippen LogP contribution >= 0.6 is 0 Å². The van der Waals surface area contributed by atoms with Crippen LogP contribution in [0.2, 0.25) is 0 Å². The van der Waals surface area contributed by atoms with Crippen molar-refractivity contribution >= 4 is 0 Å². The van der Waals surface area contributed by atoms with Gasteiger partial charge < -0.3 is 14.6 Å². The maximum Gasteiger partial charge on any atom is 0.231 e. The zero-order valence-corrected chi connectivity index (χ0v) is 13.2. The molecule has 21 heavy (non-hydrogen) atoms. The number of nitrogens with zero attached hydrogens (tertiary/aromatic N) is 2. The molecule has 0 saturated heterocycles. The van der Waals surface area contributed by atoms with Gasteiger partial charge in [0.15, 0.2) is 0 Å². The summed E-state index contributed by atoms with van der Waals surface area (Å²) in [5.74, 6) is 1.92. The summed E-state index contributed by atoms with van der Waals surface area (Å²) in [7, 11) is 1.75. The largest absolute Gasteiger partial charge is 0.370 e. The fraction of sp³-hybridized carbons (Fsp3) is 0.875. The van der Waals surface area contributed by atoms with Gasteiger partial charge in [-0.25, -0.2) is 0 Å². The van der Waals surface area contributed by atoms with Crippen LogP contribution in [0.4, 0.5) is 0 Å². The second-order valence-electron chi connectivity index (χ2n) is 6.46. The van der Waals surface area contributed by atoms with E-state index >= 15 is 0 Å². The summed E-state index contributed by atoms with van der Waals surface area (Å²) in [6.45, 7) is 3.26. The van der Waals surface area contributed by atoms with Gasteiger partial charge in [-0.05, 0) is 45.1 Å². The molecule has 1 N–H and O–H groups in total. The van der Waals surface area contributed by atoms with Gasteiger partial charge in [-0.1, -0.05) is 24.9 Å². The fourth-order valence-corrected chi connectivity index (χ4v) is 3.59. The lowest BCUT2D eigenvalue weighted by Gasteiger charge is -2.37. The maximum atomic E-state index is 5.65. The highest BCUT2D eigenvalue weighted by molar-refractivity contribution is 5.09. The third kappa shape index (κ3) is 2.86. The molecule has 2 fully saturated rings. The Hall–Kier alpha value is -0.940. The Kier molecular flexibility index (Phi) is 4.60. The van der Waals surface area contributed by atoms with Gasteiger partial charge in [-0.2, -0.15) is 4.98 Å². The summed E-state index contributed by atoms with van der Waals surface area (Å²) in [6, 6.07) is 0.479. The van der Waals surface area contributed by atoms with Crippen molar-refractivity contribution in [3.8, 4) is 0 Å². The topological polar surface area (TPSA) is 60.2 Å². The van der Waals surface area contributed by atoms with Gasteiger partial charge in [0.1, 0.15) is 5.60 Å². The second-order valence-corrected chi connectivity index (χ2v) is 6.46. The smallest absolute Gasteiger partial charge is 0.231 e. The van der Waals surface area contributed by atoms with Gasteiger partial charge in [-0.15, -0.1) is 0 Å². The number of nitrogens with one attached hydrogen (secondary N) is 1. The summed E-state index contributed by atoms with van der Waals surface area (Å²) in [5, 5.41) is 7.88. The Morgan fingerprint density at radius 3 is 2.76 bits per heavy atom. The van der Waals surface area contributed by atoms with E-state index in [9.17, 15) is 0 Å². The molecular formula is C16H27N3O2. The van der Waals surface area contributed by atoms with E-state index in [2.05, 4.69) is 17.4 Å². The van der Waals surface area contributed by atoms with E-state index in [0.717, 1.165) is 43.9 Å². The minimum atomic E-state index is -0.275. The molecule has 2 atom stereocenters. The first kappa shape index (κ1) is 15.0. The first-order chi connectivity index (χ1) is 10.3. The fourth-order valence-electron chi connectivity index (χ4n) is 3.59. The lowest BCUT2D eigenvalue weighted by atomic mass is 9.79. The summed E-state index contributed by atoms with van der Waals surface area (Å²) in [5.41, 5.74) is -0.275. The number of hydrogen-bond acceptors (Lipinski definition) is 5. The average molecular weight is 293 g/mol. The Bertz CT molecular complexity index is 451. The SMILES string of the molecule is CCCNC1CCCCC1c1nc(C2(OC)CCC2)no1. The molecule has 2 aliphatic carbocycles. The molecule has 5 heteroatoms. The molecule has 0 aromatic carbocycles. The van der Waals surface area contributed by atoms with Crippen molar-refractivity contribution in [3.63, 3.8) is 0 Å². The highest BCUT2D eigenvalue weighted by Gasteiger charge is 2.44. The van der Waals surface area contributed by atoms with Gasteiger partial charge in [0, 0.05) is 13.2 Å². The summed E-state index contributed by atoms with van der Waals surface area (Å²) < 4.78 is 11.3. The van der Waals surface area contributed by atoms with Gasteiger partial charge in [0.25, 0.3) is 0 Å². The Morgan fingerprint density at radius 1 is 1.29 bits per heavy atom. The molecule has 2 aliphatic rings. The molecule has 0 bridgehead atoms. The molecule has 0 radical (unpaired) electrons. The van der Waals surface area contributed by atoms with Crippen molar-refractivity contribution in [3.05, 3.63) is 11.7 Å². The van der Waals surface area contributed by atoms with Crippen LogP contribution in [0.3, 0.4) is 0 Å². The predicted molar refractivity (Wildman–Crippen MR) is 80.1 cm³/mol. The number of ether oxygens (including phenoxy) is 1. The van der Waals surface area contributed by atoms with E-state index in [1.54, 1.807) is 7.11 Å². The molecule has 3 rings (SSSR count). The van der Waals surface area contributed by atoms with Gasteiger partial charge in [0.05, 0.1) is 5.92 Å². The van der Waals surface area contributed by atoms with Gasteiger partial charge >= 0.3 is 0 Å². The third-order valence-electron chi connectivity index (χ3n) is 5.14. The number of aromatic nitrogens is 2. The van der Waals surface area contributed by atoms with E-state index in [-0.39, 0.29) is 5.60 Å². The molecule has 0 aliphatic heterocycles. The molecule has 0 amide bonds. The summed E-state index contributed by atoms with van der Waals surface area (Å²) >= 11 is 0. The molecule has 2 saturated carbocycles. The van der Waals surface area contributed by atoms with Gasteiger partial charge in [0.2, 0.25) is 11.7 Å². The van der Waals surface area contributed by atoms with Crippen molar-refractivity contribution in [2.45, 2.75) is 75.9 Å². The second kappa shape index (κ2) is 6.44. The van der Waals surface area contributed by atoms with Crippen molar-refractivity contribution in [2.75, 3.05) is 13.7 Å². The lowest BCUT2D eigenvalue weighted by Crippen LogP contribution is -2.38. The Balaban J connectivity index is 1.74. The predicted octanol–water partition coefficient (Wildman–Crippen LogP) is 3.12. The molecule has 118 valence electrons. The standard InChI is InChI=1S/C16H27N3O2/c1-3-11-17-13-8-5-4-7-12(13)14-18-15(19-21-14)16(20-2)9-6-10-16/h12-13,17H,3-11H2,1-2H3. The van der Waals surface area contributed by atoms with Crippen molar-refractivity contribution in [1.29, 1.82) is 0 Å². The Morgan fingerprint density at radius 2 is 2.10 bits per heavy atom. The van der Waals surface area contributed by atoms with E-state index in [1.807, 2.05) is 0 Å². The van der Waals surface area contributed by atoms with Crippen LogP contribution in [0, 0.1) is 0 Å². The molecule has 1 aromatic heterocycles. The molecule has 5 nitrogen and oxygen atoms in total. The van der Waals surface area contributed by atoms with E-state index in [4.69, 9.17) is 14.2 Å². The lowest BCUT2D eigenvalue weighted by molar-refractivity contribution is -0.0858. The first-order valence-electron chi connectivity index (χ1n) is 8.41. The van der Waals surface area contributed by atoms with E-state index in [1.165, 1.54) is 25.7 Å². The molecule has 1 aromatic rings. The van der Waals surface area contributed by atoms with Crippen molar-refractivity contribution in [2.24, 2.45) is 0 Å². The molecule has 1 heterocycles. The molecule has 0 spiro atoms. The van der Waals surface area contributed by atoms with Crippen LogP contribution in [0.25, 0.3) is 0 Å². The average Bonchev–Trinajstić information content (AvgIpc) is 2.95.